The van der Waals surface area contributed by atoms with Gasteiger partial charge in [0.2, 0.25) is 0 Å². The van der Waals surface area contributed by atoms with E-state index >= 15 is 0 Å². The SMILES string of the molecule is Cc1nn(-c2ccccc2)c2sc(C(=O)NC3CCNCC3C)cc12.Cl. The maximum atomic E-state index is 12.7. The molecule has 7 heteroatoms. The van der Waals surface area contributed by atoms with Crippen LogP contribution in [0, 0.1) is 12.8 Å². The van der Waals surface area contributed by atoms with Crippen LogP contribution in [-0.4, -0.2) is 34.8 Å². The lowest BCUT2D eigenvalue weighted by molar-refractivity contribution is 0.0918. The maximum Gasteiger partial charge on any atom is 0.261 e. The predicted molar refractivity (Wildman–Crippen MR) is 109 cm³/mol. The molecule has 1 aliphatic heterocycles. The van der Waals surface area contributed by atoms with Crippen molar-refractivity contribution >= 4 is 39.9 Å². The zero-order valence-electron chi connectivity index (χ0n) is 14.9. The fourth-order valence-corrected chi connectivity index (χ4v) is 4.46. The second kappa shape index (κ2) is 7.78. The number of aryl methyl sites for hydroxylation is 1. The van der Waals surface area contributed by atoms with Crippen molar-refractivity contribution in [2.24, 2.45) is 5.92 Å². The number of hydrogen-bond donors (Lipinski definition) is 2. The Bertz CT molecular complexity index is 905. The molecule has 26 heavy (non-hydrogen) atoms. The van der Waals surface area contributed by atoms with Crippen LogP contribution < -0.4 is 10.6 Å². The van der Waals surface area contributed by atoms with E-state index in [4.69, 9.17) is 0 Å². The molecule has 4 rings (SSSR count). The zero-order chi connectivity index (χ0) is 17.4. The summed E-state index contributed by atoms with van der Waals surface area (Å²) >= 11 is 1.51. The van der Waals surface area contributed by atoms with Crippen LogP contribution in [0.25, 0.3) is 15.9 Å². The average molecular weight is 391 g/mol. The molecule has 0 bridgehead atoms. The molecule has 1 saturated heterocycles. The van der Waals surface area contributed by atoms with Gasteiger partial charge in [-0.05, 0) is 50.6 Å². The Hall–Kier alpha value is -1.89. The van der Waals surface area contributed by atoms with E-state index in [0.29, 0.717) is 5.92 Å². The molecule has 3 heterocycles. The smallest absolute Gasteiger partial charge is 0.261 e. The number of rotatable bonds is 3. The minimum absolute atomic E-state index is 0. The van der Waals surface area contributed by atoms with Gasteiger partial charge in [-0.1, -0.05) is 25.1 Å². The quantitative estimate of drug-likeness (QED) is 0.719. The van der Waals surface area contributed by atoms with Crippen molar-refractivity contribution in [2.75, 3.05) is 13.1 Å². The number of fused-ring (bicyclic) bond motifs is 1. The van der Waals surface area contributed by atoms with Crippen LogP contribution in [0.2, 0.25) is 0 Å². The van der Waals surface area contributed by atoms with Crippen molar-refractivity contribution in [1.29, 1.82) is 0 Å². The van der Waals surface area contributed by atoms with Crippen molar-refractivity contribution in [1.82, 2.24) is 20.4 Å². The van der Waals surface area contributed by atoms with Gasteiger partial charge < -0.3 is 10.6 Å². The molecule has 2 N–H and O–H groups in total. The van der Waals surface area contributed by atoms with Gasteiger partial charge >= 0.3 is 0 Å². The number of piperidine rings is 1. The number of nitrogens with one attached hydrogen (secondary N) is 2. The second-order valence-corrected chi connectivity index (χ2v) is 7.74. The molecule has 1 fully saturated rings. The third kappa shape index (κ3) is 3.49. The molecule has 5 nitrogen and oxygen atoms in total. The average Bonchev–Trinajstić information content (AvgIpc) is 3.19. The Kier molecular flexibility index (Phi) is 5.65. The molecule has 2 atom stereocenters. The van der Waals surface area contributed by atoms with Gasteiger partial charge in [0, 0.05) is 11.4 Å². The van der Waals surface area contributed by atoms with Gasteiger partial charge in [-0.15, -0.1) is 23.7 Å². The van der Waals surface area contributed by atoms with Crippen LogP contribution in [0.3, 0.4) is 0 Å². The Labute approximate surface area is 163 Å². The zero-order valence-corrected chi connectivity index (χ0v) is 16.5. The van der Waals surface area contributed by atoms with Gasteiger partial charge in [0.15, 0.2) is 0 Å². The van der Waals surface area contributed by atoms with Crippen LogP contribution in [0.4, 0.5) is 0 Å². The number of para-hydroxylation sites is 1. The van der Waals surface area contributed by atoms with E-state index in [9.17, 15) is 4.79 Å². The van der Waals surface area contributed by atoms with Crippen molar-refractivity contribution in [3.63, 3.8) is 0 Å². The molecular formula is C19H23ClN4OS. The highest BCUT2D eigenvalue weighted by Crippen LogP contribution is 2.30. The number of aromatic nitrogens is 2. The molecule has 2 unspecified atom stereocenters. The summed E-state index contributed by atoms with van der Waals surface area (Å²) in [5.41, 5.74) is 1.96. The van der Waals surface area contributed by atoms with Crippen molar-refractivity contribution in [3.8, 4) is 5.69 Å². The molecule has 0 spiro atoms. The molecule has 0 aliphatic carbocycles. The fourth-order valence-electron chi connectivity index (χ4n) is 3.37. The first kappa shape index (κ1) is 18.9. The van der Waals surface area contributed by atoms with Gasteiger partial charge in [-0.2, -0.15) is 5.10 Å². The van der Waals surface area contributed by atoms with Gasteiger partial charge in [0.25, 0.3) is 5.91 Å². The Balaban J connectivity index is 0.00000196. The van der Waals surface area contributed by atoms with E-state index in [1.54, 1.807) is 0 Å². The number of amides is 1. The first-order valence-electron chi connectivity index (χ1n) is 8.69. The lowest BCUT2D eigenvalue weighted by Crippen LogP contribution is -2.48. The third-order valence-corrected chi connectivity index (χ3v) is 5.98. The lowest BCUT2D eigenvalue weighted by Gasteiger charge is -2.30. The normalized spacial score (nSPS) is 19.9. The molecule has 2 aromatic heterocycles. The number of carbonyl (C=O) groups excluding carboxylic acids is 1. The molecule has 138 valence electrons. The molecule has 1 aliphatic rings. The Morgan fingerprint density at radius 3 is 2.85 bits per heavy atom. The number of thiophene rings is 1. The summed E-state index contributed by atoms with van der Waals surface area (Å²) in [5.74, 6) is 0.479. The standard InChI is InChI=1S/C19H22N4OS.ClH/c1-12-11-20-9-8-16(12)21-18(24)17-10-15-13(2)22-23(19(15)25-17)14-6-4-3-5-7-14;/h3-7,10,12,16,20H,8-9,11H2,1-2H3,(H,21,24);1H. The third-order valence-electron chi connectivity index (χ3n) is 4.87. The van der Waals surface area contributed by atoms with E-state index in [1.165, 1.54) is 11.3 Å². The summed E-state index contributed by atoms with van der Waals surface area (Å²) in [6.45, 7) is 6.09. The van der Waals surface area contributed by atoms with Crippen molar-refractivity contribution < 1.29 is 4.79 Å². The van der Waals surface area contributed by atoms with Crippen LogP contribution in [0.1, 0.15) is 28.7 Å². The molecule has 0 radical (unpaired) electrons. The van der Waals surface area contributed by atoms with Crippen LogP contribution in [-0.2, 0) is 0 Å². The van der Waals surface area contributed by atoms with E-state index in [2.05, 4.69) is 22.7 Å². The molecule has 1 aromatic carbocycles. The second-order valence-electron chi connectivity index (χ2n) is 6.71. The van der Waals surface area contributed by atoms with E-state index in [-0.39, 0.29) is 24.4 Å². The van der Waals surface area contributed by atoms with Gasteiger partial charge in [0.05, 0.1) is 16.3 Å². The van der Waals surface area contributed by atoms with E-state index < -0.39 is 0 Å². The monoisotopic (exact) mass is 390 g/mol. The summed E-state index contributed by atoms with van der Waals surface area (Å²) in [6, 6.07) is 12.3. The topological polar surface area (TPSA) is 59.0 Å². The van der Waals surface area contributed by atoms with Gasteiger partial charge in [0.1, 0.15) is 4.83 Å². The molecule has 0 saturated carbocycles. The number of carbonyl (C=O) groups is 1. The van der Waals surface area contributed by atoms with Crippen molar-refractivity contribution in [2.45, 2.75) is 26.3 Å². The largest absolute Gasteiger partial charge is 0.348 e. The summed E-state index contributed by atoms with van der Waals surface area (Å²) < 4.78 is 1.93. The summed E-state index contributed by atoms with van der Waals surface area (Å²) in [4.78, 5) is 14.5. The predicted octanol–water partition coefficient (Wildman–Crippen LogP) is 3.55. The summed E-state index contributed by atoms with van der Waals surface area (Å²) in [5, 5.41) is 12.3. The minimum atomic E-state index is 0. The van der Waals surface area contributed by atoms with E-state index in [1.807, 2.05) is 48.0 Å². The Morgan fingerprint density at radius 1 is 1.35 bits per heavy atom. The van der Waals surface area contributed by atoms with Gasteiger partial charge in [-0.3, -0.25) is 4.79 Å². The first-order valence-corrected chi connectivity index (χ1v) is 9.51. The number of hydrogen-bond acceptors (Lipinski definition) is 4. The van der Waals surface area contributed by atoms with Crippen molar-refractivity contribution in [3.05, 3.63) is 47.0 Å². The van der Waals surface area contributed by atoms with Crippen LogP contribution in [0.15, 0.2) is 36.4 Å². The number of nitrogens with zero attached hydrogens (tertiary/aromatic N) is 2. The highest BCUT2D eigenvalue weighted by Gasteiger charge is 2.24. The van der Waals surface area contributed by atoms with Gasteiger partial charge in [-0.25, -0.2) is 4.68 Å². The summed E-state index contributed by atoms with van der Waals surface area (Å²) in [6.07, 6.45) is 0.981. The van der Waals surface area contributed by atoms with Crippen LogP contribution >= 0.6 is 23.7 Å². The maximum absolute atomic E-state index is 12.7. The highest BCUT2D eigenvalue weighted by molar-refractivity contribution is 7.20. The van der Waals surface area contributed by atoms with E-state index in [0.717, 1.165) is 46.0 Å². The highest BCUT2D eigenvalue weighted by atomic mass is 35.5. The Morgan fingerprint density at radius 2 is 2.12 bits per heavy atom. The minimum Gasteiger partial charge on any atom is -0.348 e. The molecule has 1 amide bonds. The lowest BCUT2D eigenvalue weighted by atomic mass is 9.95. The van der Waals surface area contributed by atoms with Crippen LogP contribution in [0.5, 0.6) is 0 Å². The fraction of sp³-hybridized carbons (Fsp3) is 0.368. The number of halogens is 1. The molecular weight excluding hydrogens is 368 g/mol. The molecule has 3 aromatic rings. The summed E-state index contributed by atoms with van der Waals surface area (Å²) in [7, 11) is 0. The number of benzene rings is 1. The first-order chi connectivity index (χ1) is 12.1.